The number of ether oxygens (including phenoxy) is 2. The third-order valence-electron chi connectivity index (χ3n) is 3.72. The van der Waals surface area contributed by atoms with Gasteiger partial charge in [0, 0.05) is 11.2 Å². The molecule has 0 aliphatic carbocycles. The van der Waals surface area contributed by atoms with Crippen molar-refractivity contribution in [3.05, 3.63) is 41.6 Å². The number of hydrogen-bond acceptors (Lipinski definition) is 6. The molecule has 0 amide bonds. The van der Waals surface area contributed by atoms with Crippen molar-refractivity contribution in [2.24, 2.45) is 0 Å². The zero-order valence-electron chi connectivity index (χ0n) is 14.9. The average molecular weight is 394 g/mol. The fraction of sp³-hybridized carbons (Fsp3) is 0.333. The summed E-state index contributed by atoms with van der Waals surface area (Å²) < 4.78 is 38.3. The maximum atomic E-state index is 14.4. The van der Waals surface area contributed by atoms with Crippen molar-refractivity contribution in [1.29, 1.82) is 0 Å². The van der Waals surface area contributed by atoms with E-state index in [9.17, 15) is 8.94 Å². The minimum atomic E-state index is -1.62. The molecule has 2 heterocycles. The number of methoxy groups -OCH3 is 1. The van der Waals surface area contributed by atoms with E-state index in [4.69, 9.17) is 9.47 Å². The average Bonchev–Trinajstić information content (AvgIpc) is 3.04. The first-order valence-corrected chi connectivity index (χ1v) is 10.3. The molecule has 138 valence electrons. The van der Waals surface area contributed by atoms with Gasteiger partial charge in [0.15, 0.2) is 0 Å². The van der Waals surface area contributed by atoms with Crippen molar-refractivity contribution < 1.29 is 18.4 Å². The number of fused-ring (bicyclic) bond motifs is 1. The van der Waals surface area contributed by atoms with Crippen molar-refractivity contribution in [2.75, 3.05) is 13.4 Å². The van der Waals surface area contributed by atoms with Gasteiger partial charge in [0.1, 0.15) is 29.8 Å². The summed E-state index contributed by atoms with van der Waals surface area (Å²) in [7, 11) is 1.61. The minimum Gasteiger partial charge on any atom is -0.610 e. The topological polar surface area (TPSA) is 67.3 Å². The molecule has 5 nitrogen and oxygen atoms in total. The Labute approximate surface area is 158 Å². The second-order valence-electron chi connectivity index (χ2n) is 6.20. The van der Waals surface area contributed by atoms with Gasteiger partial charge in [-0.1, -0.05) is 23.5 Å². The molecule has 26 heavy (non-hydrogen) atoms. The number of pyridine rings is 1. The summed E-state index contributed by atoms with van der Waals surface area (Å²) in [5.41, 5.74) is 0.0516. The molecule has 1 aromatic carbocycles. The summed E-state index contributed by atoms with van der Waals surface area (Å²) >= 11 is 0.0371. The molecular weight excluding hydrogens is 375 g/mol. The van der Waals surface area contributed by atoms with E-state index in [1.165, 1.54) is 25.2 Å². The molecule has 3 rings (SSSR count). The van der Waals surface area contributed by atoms with E-state index >= 15 is 0 Å². The molecule has 0 aliphatic heterocycles. The van der Waals surface area contributed by atoms with E-state index in [1.807, 2.05) is 24.3 Å². The fourth-order valence-electron chi connectivity index (χ4n) is 2.28. The first-order valence-electron chi connectivity index (χ1n) is 7.88. The SMILES string of the molecule is COc1ccc(COc2nc(C(C)(C)F)cc3sc([S+](C)[O-])nc23)cc1. The predicted octanol–water partition coefficient (Wildman–Crippen LogP) is 4.22. The van der Waals surface area contributed by atoms with Crippen LogP contribution in [0.2, 0.25) is 0 Å². The lowest BCUT2D eigenvalue weighted by Gasteiger charge is -2.15. The fourth-order valence-corrected chi connectivity index (χ4v) is 3.97. The number of nitrogens with zero attached hydrogens (tertiary/aromatic N) is 2. The van der Waals surface area contributed by atoms with Gasteiger partial charge in [0.25, 0.3) is 0 Å². The molecule has 3 aromatic rings. The third kappa shape index (κ3) is 4.08. The Morgan fingerprint density at radius 2 is 1.92 bits per heavy atom. The van der Waals surface area contributed by atoms with Gasteiger partial charge in [0.05, 0.1) is 17.5 Å². The Morgan fingerprint density at radius 1 is 1.23 bits per heavy atom. The summed E-state index contributed by atoms with van der Waals surface area (Å²) in [5, 5.41) is 0. The van der Waals surface area contributed by atoms with Crippen LogP contribution in [0.1, 0.15) is 25.1 Å². The van der Waals surface area contributed by atoms with Crippen molar-refractivity contribution >= 4 is 32.7 Å². The highest BCUT2D eigenvalue weighted by Crippen LogP contribution is 2.35. The maximum Gasteiger partial charge on any atom is 0.302 e. The smallest absolute Gasteiger partial charge is 0.302 e. The summed E-state index contributed by atoms with van der Waals surface area (Å²) in [4.78, 5) is 8.68. The molecule has 0 saturated heterocycles. The third-order valence-corrected chi connectivity index (χ3v) is 6.05. The lowest BCUT2D eigenvalue weighted by Crippen LogP contribution is -2.12. The number of halogens is 1. The Kier molecular flexibility index (Phi) is 5.36. The minimum absolute atomic E-state index is 0.243. The highest BCUT2D eigenvalue weighted by atomic mass is 32.2. The van der Waals surface area contributed by atoms with Crippen LogP contribution in [-0.2, 0) is 23.5 Å². The molecule has 0 bridgehead atoms. The van der Waals surface area contributed by atoms with Gasteiger partial charge in [-0.15, -0.1) is 0 Å². The van der Waals surface area contributed by atoms with Crippen LogP contribution in [0, 0.1) is 0 Å². The van der Waals surface area contributed by atoms with E-state index in [0.717, 1.165) is 11.3 Å². The zero-order chi connectivity index (χ0) is 18.9. The highest BCUT2D eigenvalue weighted by molar-refractivity contribution is 7.92. The summed E-state index contributed by atoms with van der Waals surface area (Å²) in [6.45, 7) is 3.13. The molecule has 0 aliphatic rings. The number of rotatable bonds is 6. The molecule has 1 atom stereocenters. The van der Waals surface area contributed by atoms with Crippen molar-refractivity contribution in [3.8, 4) is 11.6 Å². The standard InChI is InChI=1S/C18H19FN2O3S2/c1-18(2,19)14-9-13-15(21-17(25-13)26(4)22)16(20-14)24-10-11-5-7-12(23-3)8-6-11/h5-9H,10H2,1-4H3. The Hall–Kier alpha value is -1.90. The Bertz CT molecular complexity index is 905. The summed E-state index contributed by atoms with van der Waals surface area (Å²) in [6.07, 6.45) is 1.56. The Balaban J connectivity index is 1.96. The van der Waals surface area contributed by atoms with Gasteiger partial charge >= 0.3 is 4.34 Å². The van der Waals surface area contributed by atoms with Crippen LogP contribution in [0.3, 0.4) is 0 Å². The van der Waals surface area contributed by atoms with Gasteiger partial charge < -0.3 is 14.0 Å². The van der Waals surface area contributed by atoms with Crippen LogP contribution in [0.4, 0.5) is 4.39 Å². The molecular formula is C18H19FN2O3S2. The molecule has 1 unspecified atom stereocenters. The molecule has 2 aromatic heterocycles. The van der Waals surface area contributed by atoms with Crippen LogP contribution in [0.5, 0.6) is 11.6 Å². The highest BCUT2D eigenvalue weighted by Gasteiger charge is 2.25. The van der Waals surface area contributed by atoms with E-state index in [0.29, 0.717) is 14.6 Å². The molecule has 8 heteroatoms. The van der Waals surface area contributed by atoms with E-state index in [-0.39, 0.29) is 18.2 Å². The quantitative estimate of drug-likeness (QED) is 0.586. The van der Waals surface area contributed by atoms with Crippen LogP contribution in [0.25, 0.3) is 10.2 Å². The normalized spacial score (nSPS) is 13.0. The van der Waals surface area contributed by atoms with Gasteiger partial charge in [-0.25, -0.2) is 9.37 Å². The Morgan fingerprint density at radius 3 is 2.50 bits per heavy atom. The van der Waals surface area contributed by atoms with Crippen LogP contribution in [0.15, 0.2) is 34.7 Å². The number of hydrogen-bond donors (Lipinski definition) is 0. The maximum absolute atomic E-state index is 14.4. The zero-order valence-corrected chi connectivity index (χ0v) is 16.5. The molecule has 0 saturated carbocycles. The van der Waals surface area contributed by atoms with Gasteiger partial charge in [-0.2, -0.15) is 4.98 Å². The number of aromatic nitrogens is 2. The van der Waals surface area contributed by atoms with Gasteiger partial charge in [-0.05, 0) is 37.6 Å². The molecule has 0 fully saturated rings. The monoisotopic (exact) mass is 394 g/mol. The van der Waals surface area contributed by atoms with Crippen LogP contribution in [-0.4, -0.2) is 27.9 Å². The number of thiazole rings is 1. The first kappa shape index (κ1) is 18.9. The lowest BCUT2D eigenvalue weighted by atomic mass is 10.1. The van der Waals surface area contributed by atoms with Crippen LogP contribution >= 0.6 is 11.3 Å². The van der Waals surface area contributed by atoms with Gasteiger partial charge in [-0.3, -0.25) is 0 Å². The largest absolute Gasteiger partial charge is 0.610 e. The first-order chi connectivity index (χ1) is 12.3. The second-order valence-corrected chi connectivity index (χ2v) is 8.79. The van der Waals surface area contributed by atoms with E-state index < -0.39 is 16.8 Å². The predicted molar refractivity (Wildman–Crippen MR) is 101 cm³/mol. The van der Waals surface area contributed by atoms with Gasteiger partial charge in [0.2, 0.25) is 5.88 Å². The number of alkyl halides is 1. The summed E-state index contributed by atoms with van der Waals surface area (Å²) in [6, 6.07) is 9.08. The lowest BCUT2D eigenvalue weighted by molar-refractivity contribution is 0.210. The molecule has 0 spiro atoms. The van der Waals surface area contributed by atoms with E-state index in [2.05, 4.69) is 9.97 Å². The van der Waals surface area contributed by atoms with Crippen molar-refractivity contribution in [2.45, 2.75) is 30.5 Å². The molecule has 0 radical (unpaired) electrons. The molecule has 0 N–H and O–H groups in total. The van der Waals surface area contributed by atoms with E-state index in [1.54, 1.807) is 19.4 Å². The number of benzene rings is 1. The summed E-state index contributed by atoms with van der Waals surface area (Å²) in [5.74, 6) is 0.997. The van der Waals surface area contributed by atoms with Crippen LogP contribution < -0.4 is 9.47 Å². The van der Waals surface area contributed by atoms with Crippen molar-refractivity contribution in [3.63, 3.8) is 0 Å². The second kappa shape index (κ2) is 7.38. The van der Waals surface area contributed by atoms with Crippen molar-refractivity contribution in [1.82, 2.24) is 9.97 Å².